The van der Waals surface area contributed by atoms with Crippen molar-refractivity contribution in [3.63, 3.8) is 0 Å². The van der Waals surface area contributed by atoms with Crippen LogP contribution in [0.4, 0.5) is 13.2 Å². The molecule has 0 heterocycles. The van der Waals surface area contributed by atoms with Crippen LogP contribution in [0.15, 0.2) is 48.5 Å². The minimum absolute atomic E-state index is 0.162. The van der Waals surface area contributed by atoms with E-state index in [1.54, 1.807) is 6.07 Å². The number of hydrogen-bond acceptors (Lipinski definition) is 0. The normalized spacial score (nSPS) is 13.2. The van der Waals surface area contributed by atoms with Crippen molar-refractivity contribution in [3.8, 4) is 0 Å². The van der Waals surface area contributed by atoms with Gasteiger partial charge in [-0.15, -0.1) is 0 Å². The van der Waals surface area contributed by atoms with E-state index in [2.05, 4.69) is 15.9 Å². The number of aryl methyl sites for hydroxylation is 1. The lowest BCUT2D eigenvalue weighted by Crippen LogP contribution is -2.09. The average Bonchev–Trinajstić information content (AvgIpc) is 2.45. The number of rotatable bonds is 4. The Hall–Kier alpha value is -1.29. The predicted molar refractivity (Wildman–Crippen MR) is 82.9 cm³/mol. The summed E-state index contributed by atoms with van der Waals surface area (Å²) in [6.07, 6.45) is -3.71. The lowest BCUT2D eigenvalue weighted by molar-refractivity contribution is -0.137. The van der Waals surface area contributed by atoms with Crippen LogP contribution < -0.4 is 0 Å². The maximum absolute atomic E-state index is 12.8. The first-order chi connectivity index (χ1) is 9.91. The number of halogens is 4. The van der Waals surface area contributed by atoms with Gasteiger partial charge in [0.1, 0.15) is 0 Å². The number of benzene rings is 2. The summed E-state index contributed by atoms with van der Waals surface area (Å²) in [6.45, 7) is 2.02. The Balaban J connectivity index is 2.26. The van der Waals surface area contributed by atoms with E-state index in [-0.39, 0.29) is 5.92 Å². The molecular formula is C17H16BrF3. The molecule has 0 radical (unpaired) electrons. The van der Waals surface area contributed by atoms with E-state index in [0.29, 0.717) is 17.3 Å². The molecule has 4 heteroatoms. The van der Waals surface area contributed by atoms with E-state index >= 15 is 0 Å². The van der Waals surface area contributed by atoms with Gasteiger partial charge in [0.25, 0.3) is 0 Å². The summed E-state index contributed by atoms with van der Waals surface area (Å²) in [4.78, 5) is 0. The van der Waals surface area contributed by atoms with E-state index in [1.807, 2.05) is 31.2 Å². The largest absolute Gasteiger partial charge is 0.416 e. The van der Waals surface area contributed by atoms with E-state index in [1.165, 1.54) is 17.7 Å². The molecule has 0 N–H and O–H groups in total. The molecule has 0 aromatic heterocycles. The maximum Gasteiger partial charge on any atom is 0.416 e. The van der Waals surface area contributed by atoms with Crippen molar-refractivity contribution in [1.29, 1.82) is 0 Å². The molecule has 1 atom stereocenters. The van der Waals surface area contributed by atoms with Crippen LogP contribution in [0.25, 0.3) is 0 Å². The molecule has 0 fully saturated rings. The molecule has 21 heavy (non-hydrogen) atoms. The van der Waals surface area contributed by atoms with Gasteiger partial charge in [-0.3, -0.25) is 0 Å². The first kappa shape index (κ1) is 16.1. The van der Waals surface area contributed by atoms with E-state index < -0.39 is 11.7 Å². The first-order valence-corrected chi connectivity index (χ1v) is 7.81. The van der Waals surface area contributed by atoms with Gasteiger partial charge in [-0.1, -0.05) is 58.4 Å². The summed E-state index contributed by atoms with van der Waals surface area (Å²) in [5.74, 6) is 0.162. The Morgan fingerprint density at radius 2 is 1.76 bits per heavy atom. The Labute approximate surface area is 131 Å². The SMILES string of the molecule is Cc1ccccc1C(CBr)Cc1cccc(C(F)(F)F)c1. The van der Waals surface area contributed by atoms with Crippen molar-refractivity contribution >= 4 is 15.9 Å². The summed E-state index contributed by atoms with van der Waals surface area (Å²) in [5, 5.41) is 0.716. The molecule has 0 saturated carbocycles. The van der Waals surface area contributed by atoms with Gasteiger partial charge in [-0.2, -0.15) is 13.2 Å². The monoisotopic (exact) mass is 356 g/mol. The smallest absolute Gasteiger partial charge is 0.166 e. The molecular weight excluding hydrogens is 341 g/mol. The summed E-state index contributed by atoms with van der Waals surface area (Å²) in [7, 11) is 0. The van der Waals surface area contributed by atoms with Crippen molar-refractivity contribution in [1.82, 2.24) is 0 Å². The van der Waals surface area contributed by atoms with Gasteiger partial charge in [-0.25, -0.2) is 0 Å². The van der Waals surface area contributed by atoms with Gasteiger partial charge in [0, 0.05) is 5.33 Å². The van der Waals surface area contributed by atoms with Gasteiger partial charge >= 0.3 is 6.18 Å². The first-order valence-electron chi connectivity index (χ1n) is 6.69. The van der Waals surface area contributed by atoms with Crippen LogP contribution >= 0.6 is 15.9 Å². The minimum Gasteiger partial charge on any atom is -0.166 e. The molecule has 0 bridgehead atoms. The van der Waals surface area contributed by atoms with Gasteiger partial charge in [0.2, 0.25) is 0 Å². The Morgan fingerprint density at radius 3 is 2.38 bits per heavy atom. The van der Waals surface area contributed by atoms with Crippen LogP contribution in [0.2, 0.25) is 0 Å². The number of alkyl halides is 4. The number of hydrogen-bond donors (Lipinski definition) is 0. The molecule has 0 saturated heterocycles. The summed E-state index contributed by atoms with van der Waals surface area (Å²) >= 11 is 3.48. The fraction of sp³-hybridized carbons (Fsp3) is 0.294. The fourth-order valence-electron chi connectivity index (χ4n) is 2.45. The molecule has 0 aliphatic rings. The Kier molecular flexibility index (Phi) is 5.09. The standard InChI is InChI=1S/C17H16BrF3/c1-12-5-2-3-8-16(12)14(11-18)9-13-6-4-7-15(10-13)17(19,20)21/h2-8,10,14H,9,11H2,1H3. The van der Waals surface area contributed by atoms with Crippen molar-refractivity contribution in [2.45, 2.75) is 25.4 Å². The third-order valence-electron chi connectivity index (χ3n) is 3.55. The summed E-state index contributed by atoms with van der Waals surface area (Å²) in [5.41, 5.74) is 2.45. The van der Waals surface area contributed by atoms with Crippen LogP contribution in [0.5, 0.6) is 0 Å². The summed E-state index contributed by atoms with van der Waals surface area (Å²) < 4.78 is 38.3. The maximum atomic E-state index is 12.8. The van der Waals surface area contributed by atoms with Gasteiger partial charge in [0.05, 0.1) is 5.56 Å². The lowest BCUT2D eigenvalue weighted by Gasteiger charge is -2.18. The molecule has 2 aromatic rings. The second kappa shape index (κ2) is 6.65. The van der Waals surface area contributed by atoms with E-state index in [0.717, 1.165) is 11.6 Å². The molecule has 0 aliphatic carbocycles. The van der Waals surface area contributed by atoms with Crippen LogP contribution in [-0.2, 0) is 12.6 Å². The highest BCUT2D eigenvalue weighted by molar-refractivity contribution is 9.09. The van der Waals surface area contributed by atoms with Crippen LogP contribution in [0.3, 0.4) is 0 Å². The second-order valence-corrected chi connectivity index (χ2v) is 5.76. The van der Waals surface area contributed by atoms with Crippen LogP contribution in [-0.4, -0.2) is 5.33 Å². The predicted octanol–water partition coefficient (Wildman–Crippen LogP) is 5.74. The highest BCUT2D eigenvalue weighted by Crippen LogP contribution is 2.31. The average molecular weight is 357 g/mol. The Bertz CT molecular complexity index is 605. The lowest BCUT2D eigenvalue weighted by atomic mass is 9.90. The molecule has 2 aromatic carbocycles. The van der Waals surface area contributed by atoms with Crippen molar-refractivity contribution < 1.29 is 13.2 Å². The third kappa shape index (κ3) is 4.10. The molecule has 112 valence electrons. The Morgan fingerprint density at radius 1 is 1.05 bits per heavy atom. The molecule has 0 aliphatic heterocycles. The van der Waals surface area contributed by atoms with Crippen LogP contribution in [0, 0.1) is 6.92 Å². The molecule has 0 amide bonds. The minimum atomic E-state index is -4.29. The van der Waals surface area contributed by atoms with Crippen molar-refractivity contribution in [3.05, 3.63) is 70.8 Å². The van der Waals surface area contributed by atoms with Crippen molar-refractivity contribution in [2.75, 3.05) is 5.33 Å². The topological polar surface area (TPSA) is 0 Å². The quantitative estimate of drug-likeness (QED) is 0.613. The zero-order valence-corrected chi connectivity index (χ0v) is 13.2. The fourth-order valence-corrected chi connectivity index (χ4v) is 3.03. The zero-order chi connectivity index (χ0) is 15.5. The second-order valence-electron chi connectivity index (χ2n) is 5.11. The third-order valence-corrected chi connectivity index (χ3v) is 4.33. The highest BCUT2D eigenvalue weighted by Gasteiger charge is 2.30. The molecule has 0 spiro atoms. The van der Waals surface area contributed by atoms with Crippen molar-refractivity contribution in [2.24, 2.45) is 0 Å². The zero-order valence-electron chi connectivity index (χ0n) is 11.6. The molecule has 1 unspecified atom stereocenters. The van der Waals surface area contributed by atoms with Gasteiger partial charge < -0.3 is 0 Å². The van der Waals surface area contributed by atoms with Gasteiger partial charge in [-0.05, 0) is 42.0 Å². The van der Waals surface area contributed by atoms with Gasteiger partial charge in [0.15, 0.2) is 0 Å². The molecule has 2 rings (SSSR count). The van der Waals surface area contributed by atoms with E-state index in [9.17, 15) is 13.2 Å². The molecule has 0 nitrogen and oxygen atoms in total. The van der Waals surface area contributed by atoms with E-state index in [4.69, 9.17) is 0 Å². The summed E-state index contributed by atoms with van der Waals surface area (Å²) in [6, 6.07) is 13.6. The highest BCUT2D eigenvalue weighted by atomic mass is 79.9. The van der Waals surface area contributed by atoms with Crippen LogP contribution in [0.1, 0.15) is 28.2 Å².